The van der Waals surface area contributed by atoms with Crippen LogP contribution in [0.15, 0.2) is 12.7 Å². The Hall–Kier alpha value is -0.990. The van der Waals surface area contributed by atoms with E-state index < -0.39 is 0 Å². The van der Waals surface area contributed by atoms with Gasteiger partial charge >= 0.3 is 6.09 Å². The topological polar surface area (TPSA) is 29.5 Å². The Morgan fingerprint density at radius 2 is 2.07 bits per heavy atom. The van der Waals surface area contributed by atoms with Crippen LogP contribution in [0.3, 0.4) is 0 Å². The number of rotatable bonds is 3. The minimum Gasteiger partial charge on any atom is -0.443 e. The van der Waals surface area contributed by atoms with Gasteiger partial charge in [0.1, 0.15) is 6.10 Å². The highest BCUT2D eigenvalue weighted by molar-refractivity contribution is 5.70. The predicted molar refractivity (Wildman–Crippen MR) is 56.0 cm³/mol. The Labute approximate surface area is 85.7 Å². The van der Waals surface area contributed by atoms with Crippen molar-refractivity contribution in [1.82, 2.24) is 4.90 Å². The van der Waals surface area contributed by atoms with Gasteiger partial charge in [-0.25, -0.2) is 4.79 Å². The molecule has 1 amide bonds. The molecule has 0 radical (unpaired) electrons. The maximum Gasteiger partial charge on any atom is 0.410 e. The molecule has 0 saturated carbocycles. The number of carbonyl (C=O) groups excluding carboxylic acids is 1. The molecule has 0 spiro atoms. The first kappa shape index (κ1) is 11.1. The minimum absolute atomic E-state index is 0.0509. The van der Waals surface area contributed by atoms with E-state index in [1.54, 1.807) is 11.9 Å². The number of amides is 1. The second-order valence-electron chi connectivity index (χ2n) is 4.29. The highest BCUT2D eigenvalue weighted by Crippen LogP contribution is 2.29. The third kappa shape index (κ3) is 1.76. The van der Waals surface area contributed by atoms with Crippen LogP contribution in [-0.4, -0.2) is 30.2 Å². The largest absolute Gasteiger partial charge is 0.443 e. The zero-order chi connectivity index (χ0) is 10.9. The summed E-state index contributed by atoms with van der Waals surface area (Å²) in [7, 11) is 1.79. The SMILES string of the molecule is C=C[C@@H](C)[C@@H]1OC(=O)N(C)[C@H]1C(C)C. The van der Waals surface area contributed by atoms with Gasteiger partial charge in [0.05, 0.1) is 6.04 Å². The van der Waals surface area contributed by atoms with Gasteiger partial charge in [-0.05, 0) is 5.92 Å². The number of hydrogen-bond acceptors (Lipinski definition) is 2. The molecular weight excluding hydrogens is 178 g/mol. The van der Waals surface area contributed by atoms with Gasteiger partial charge in [-0.1, -0.05) is 26.8 Å². The van der Waals surface area contributed by atoms with Crippen LogP contribution in [0.2, 0.25) is 0 Å². The number of hydrogen-bond donors (Lipinski definition) is 0. The molecule has 3 atom stereocenters. The third-order valence-electron chi connectivity index (χ3n) is 2.88. The van der Waals surface area contributed by atoms with Gasteiger partial charge in [0, 0.05) is 13.0 Å². The van der Waals surface area contributed by atoms with Crippen molar-refractivity contribution >= 4 is 6.09 Å². The van der Waals surface area contributed by atoms with Crippen LogP contribution >= 0.6 is 0 Å². The van der Waals surface area contributed by atoms with E-state index in [1.807, 2.05) is 13.0 Å². The fraction of sp³-hybridized carbons (Fsp3) is 0.727. The summed E-state index contributed by atoms with van der Waals surface area (Å²) in [6.45, 7) is 9.97. The van der Waals surface area contributed by atoms with Crippen molar-refractivity contribution < 1.29 is 9.53 Å². The third-order valence-corrected chi connectivity index (χ3v) is 2.88. The van der Waals surface area contributed by atoms with Crippen LogP contribution in [-0.2, 0) is 4.74 Å². The normalized spacial score (nSPS) is 29.2. The van der Waals surface area contributed by atoms with Gasteiger partial charge in [-0.3, -0.25) is 0 Å². The van der Waals surface area contributed by atoms with E-state index in [9.17, 15) is 4.79 Å². The van der Waals surface area contributed by atoms with Crippen LogP contribution in [0, 0.1) is 11.8 Å². The fourth-order valence-electron chi connectivity index (χ4n) is 1.99. The Morgan fingerprint density at radius 1 is 1.50 bits per heavy atom. The molecule has 1 heterocycles. The number of cyclic esters (lactones) is 1. The molecule has 0 aromatic heterocycles. The van der Waals surface area contributed by atoms with Crippen molar-refractivity contribution in [1.29, 1.82) is 0 Å². The molecule has 0 aromatic carbocycles. The Morgan fingerprint density at radius 3 is 2.50 bits per heavy atom. The predicted octanol–water partition coefficient (Wildman–Crippen LogP) is 2.28. The van der Waals surface area contributed by atoms with Crippen molar-refractivity contribution in [2.75, 3.05) is 7.05 Å². The number of likely N-dealkylation sites (N-methyl/N-ethyl adjacent to an activating group) is 1. The molecule has 1 saturated heterocycles. The highest BCUT2D eigenvalue weighted by Gasteiger charge is 2.42. The van der Waals surface area contributed by atoms with E-state index in [0.29, 0.717) is 5.92 Å². The van der Waals surface area contributed by atoms with Gasteiger partial charge in [0.15, 0.2) is 0 Å². The molecular formula is C11H19NO2. The molecule has 3 heteroatoms. The summed E-state index contributed by atoms with van der Waals surface area (Å²) in [6, 6.07) is 0.162. The maximum atomic E-state index is 11.4. The molecule has 0 aromatic rings. The van der Waals surface area contributed by atoms with Gasteiger partial charge in [-0.15, -0.1) is 6.58 Å². The summed E-state index contributed by atoms with van der Waals surface area (Å²) in [5.41, 5.74) is 0. The van der Waals surface area contributed by atoms with E-state index in [0.717, 1.165) is 0 Å². The van der Waals surface area contributed by atoms with Crippen LogP contribution < -0.4 is 0 Å². The zero-order valence-corrected chi connectivity index (χ0v) is 9.36. The molecule has 1 aliphatic heterocycles. The summed E-state index contributed by atoms with van der Waals surface area (Å²) < 4.78 is 5.32. The Kier molecular flexibility index (Phi) is 3.19. The van der Waals surface area contributed by atoms with Crippen LogP contribution in [0.1, 0.15) is 20.8 Å². The van der Waals surface area contributed by atoms with E-state index in [1.165, 1.54) is 0 Å². The average molecular weight is 197 g/mol. The van der Waals surface area contributed by atoms with Crippen molar-refractivity contribution in [2.24, 2.45) is 11.8 Å². The smallest absolute Gasteiger partial charge is 0.410 e. The number of carbonyl (C=O) groups is 1. The summed E-state index contributed by atoms with van der Waals surface area (Å²) in [5.74, 6) is 0.607. The van der Waals surface area contributed by atoms with Crippen LogP contribution in [0.5, 0.6) is 0 Å². The molecule has 14 heavy (non-hydrogen) atoms. The summed E-state index contributed by atoms with van der Waals surface area (Å²) in [4.78, 5) is 13.1. The first-order valence-corrected chi connectivity index (χ1v) is 5.05. The van der Waals surface area contributed by atoms with Crippen LogP contribution in [0.25, 0.3) is 0 Å². The summed E-state index contributed by atoms with van der Waals surface area (Å²) in [5, 5.41) is 0. The van der Waals surface area contributed by atoms with E-state index >= 15 is 0 Å². The lowest BCUT2D eigenvalue weighted by molar-refractivity contribution is 0.102. The van der Waals surface area contributed by atoms with E-state index in [2.05, 4.69) is 20.4 Å². The average Bonchev–Trinajstić information content (AvgIpc) is 2.42. The van der Waals surface area contributed by atoms with E-state index in [4.69, 9.17) is 4.74 Å². The van der Waals surface area contributed by atoms with Gasteiger partial charge in [-0.2, -0.15) is 0 Å². The first-order valence-electron chi connectivity index (χ1n) is 5.05. The van der Waals surface area contributed by atoms with Crippen LogP contribution in [0.4, 0.5) is 4.79 Å². The monoisotopic (exact) mass is 197 g/mol. The van der Waals surface area contributed by atoms with E-state index in [-0.39, 0.29) is 24.2 Å². The maximum absolute atomic E-state index is 11.4. The highest BCUT2D eigenvalue weighted by atomic mass is 16.6. The standard InChI is InChI=1S/C11H19NO2/c1-6-8(4)10-9(7(2)3)12(5)11(13)14-10/h6-10H,1H2,2-5H3/t8-,9+,10+/m1/s1. The lowest BCUT2D eigenvalue weighted by atomic mass is 9.90. The molecule has 0 aliphatic carbocycles. The Bertz CT molecular complexity index is 237. The second-order valence-corrected chi connectivity index (χ2v) is 4.29. The van der Waals surface area contributed by atoms with Crippen molar-refractivity contribution in [2.45, 2.75) is 32.9 Å². The molecule has 0 bridgehead atoms. The Balaban J connectivity index is 2.85. The molecule has 1 aliphatic rings. The van der Waals surface area contributed by atoms with Crippen molar-refractivity contribution in [3.05, 3.63) is 12.7 Å². The van der Waals surface area contributed by atoms with Crippen molar-refractivity contribution in [3.63, 3.8) is 0 Å². The first-order chi connectivity index (χ1) is 6.49. The summed E-state index contributed by atoms with van der Waals surface area (Å²) in [6.07, 6.45) is 1.57. The molecule has 3 nitrogen and oxygen atoms in total. The second kappa shape index (κ2) is 4.03. The molecule has 0 unspecified atom stereocenters. The summed E-state index contributed by atoms with van der Waals surface area (Å²) >= 11 is 0. The molecule has 1 rings (SSSR count). The quantitative estimate of drug-likeness (QED) is 0.650. The molecule has 0 N–H and O–H groups in total. The van der Waals surface area contributed by atoms with Gasteiger partial charge < -0.3 is 9.64 Å². The molecule has 80 valence electrons. The fourth-order valence-corrected chi connectivity index (χ4v) is 1.99. The zero-order valence-electron chi connectivity index (χ0n) is 9.36. The van der Waals surface area contributed by atoms with Gasteiger partial charge in [0.25, 0.3) is 0 Å². The number of ether oxygens (including phenoxy) is 1. The van der Waals surface area contributed by atoms with Gasteiger partial charge in [0.2, 0.25) is 0 Å². The molecule has 1 fully saturated rings. The lowest BCUT2D eigenvalue weighted by Gasteiger charge is -2.27. The van der Waals surface area contributed by atoms with Crippen molar-refractivity contribution in [3.8, 4) is 0 Å². The minimum atomic E-state index is -0.220. The number of nitrogens with zero attached hydrogens (tertiary/aromatic N) is 1. The lowest BCUT2D eigenvalue weighted by Crippen LogP contribution is -2.40.